The Hall–Kier alpha value is -1.81. The zero-order valence-corrected chi connectivity index (χ0v) is 10.9. The summed E-state index contributed by atoms with van der Waals surface area (Å²) in [5.74, 6) is 0.696. The molecule has 1 aromatic heterocycles. The van der Waals surface area contributed by atoms with Crippen LogP contribution in [0.25, 0.3) is 11.1 Å². The maximum atomic E-state index is 5.95. The lowest BCUT2D eigenvalue weighted by Gasteiger charge is -2.04. The lowest BCUT2D eigenvalue weighted by molar-refractivity contribution is 0.195. The number of aryl methyl sites for hydroxylation is 2. The SMILES string of the molecule is COCCCc1ccc(-c2cnn(C)c2N)cc1. The van der Waals surface area contributed by atoms with Gasteiger partial charge in [0.2, 0.25) is 0 Å². The Kier molecular flexibility index (Phi) is 3.99. The van der Waals surface area contributed by atoms with Crippen LogP contribution in [0.2, 0.25) is 0 Å². The summed E-state index contributed by atoms with van der Waals surface area (Å²) in [6, 6.07) is 8.46. The molecule has 0 aliphatic carbocycles. The molecule has 2 N–H and O–H groups in total. The minimum Gasteiger partial charge on any atom is -0.385 e. The highest BCUT2D eigenvalue weighted by Crippen LogP contribution is 2.25. The van der Waals surface area contributed by atoms with Crippen molar-refractivity contribution in [2.45, 2.75) is 12.8 Å². The molecule has 0 saturated carbocycles. The number of rotatable bonds is 5. The Labute approximate surface area is 107 Å². The molecule has 4 nitrogen and oxygen atoms in total. The van der Waals surface area contributed by atoms with Crippen LogP contribution in [0, 0.1) is 0 Å². The second-order valence-electron chi connectivity index (χ2n) is 4.36. The Morgan fingerprint density at radius 3 is 2.56 bits per heavy atom. The molecule has 2 aromatic rings. The fourth-order valence-electron chi connectivity index (χ4n) is 1.94. The molecule has 0 aliphatic heterocycles. The Bertz CT molecular complexity index is 502. The van der Waals surface area contributed by atoms with Gasteiger partial charge in [0.15, 0.2) is 0 Å². The van der Waals surface area contributed by atoms with Gasteiger partial charge in [0.25, 0.3) is 0 Å². The molecule has 4 heteroatoms. The van der Waals surface area contributed by atoms with Crippen molar-refractivity contribution in [1.82, 2.24) is 9.78 Å². The van der Waals surface area contributed by atoms with Crippen molar-refractivity contribution in [1.29, 1.82) is 0 Å². The maximum absolute atomic E-state index is 5.95. The second-order valence-corrected chi connectivity index (χ2v) is 4.36. The largest absolute Gasteiger partial charge is 0.385 e. The molecular weight excluding hydrogens is 226 g/mol. The van der Waals surface area contributed by atoms with Gasteiger partial charge in [0, 0.05) is 26.3 Å². The number of ether oxygens (including phenoxy) is 1. The van der Waals surface area contributed by atoms with Crippen LogP contribution in [0.4, 0.5) is 5.82 Å². The monoisotopic (exact) mass is 245 g/mol. The lowest BCUT2D eigenvalue weighted by Crippen LogP contribution is -1.98. The average Bonchev–Trinajstić information content (AvgIpc) is 2.72. The predicted molar refractivity (Wildman–Crippen MR) is 73.3 cm³/mol. The molecular formula is C14H19N3O. The smallest absolute Gasteiger partial charge is 0.129 e. The zero-order valence-electron chi connectivity index (χ0n) is 10.9. The maximum Gasteiger partial charge on any atom is 0.129 e. The van der Waals surface area contributed by atoms with E-state index in [-0.39, 0.29) is 0 Å². The average molecular weight is 245 g/mol. The van der Waals surface area contributed by atoms with E-state index in [4.69, 9.17) is 10.5 Å². The van der Waals surface area contributed by atoms with Crippen LogP contribution >= 0.6 is 0 Å². The summed E-state index contributed by atoms with van der Waals surface area (Å²) >= 11 is 0. The molecule has 2 rings (SSSR count). The molecule has 0 bridgehead atoms. The highest BCUT2D eigenvalue weighted by Gasteiger charge is 2.06. The van der Waals surface area contributed by atoms with Gasteiger partial charge in [-0.2, -0.15) is 5.10 Å². The number of benzene rings is 1. The molecule has 0 amide bonds. The van der Waals surface area contributed by atoms with Crippen LogP contribution in [-0.2, 0) is 18.2 Å². The number of nitrogens with zero attached hydrogens (tertiary/aromatic N) is 2. The van der Waals surface area contributed by atoms with Crippen molar-refractivity contribution >= 4 is 5.82 Å². The Morgan fingerprint density at radius 2 is 2.00 bits per heavy atom. The van der Waals surface area contributed by atoms with Crippen LogP contribution in [0.15, 0.2) is 30.5 Å². The lowest BCUT2D eigenvalue weighted by atomic mass is 10.0. The third-order valence-electron chi connectivity index (χ3n) is 3.06. The van der Waals surface area contributed by atoms with Gasteiger partial charge in [-0.15, -0.1) is 0 Å². The summed E-state index contributed by atoms with van der Waals surface area (Å²) in [6.07, 6.45) is 3.89. The second kappa shape index (κ2) is 5.69. The van der Waals surface area contributed by atoms with Crippen LogP contribution in [0.5, 0.6) is 0 Å². The van der Waals surface area contributed by atoms with Gasteiger partial charge in [0.05, 0.1) is 6.20 Å². The number of anilines is 1. The number of nitrogens with two attached hydrogens (primary N) is 1. The molecule has 1 aromatic carbocycles. The first-order chi connectivity index (χ1) is 8.72. The number of aromatic nitrogens is 2. The molecule has 0 fully saturated rings. The molecule has 0 saturated heterocycles. The van der Waals surface area contributed by atoms with E-state index in [1.54, 1.807) is 18.0 Å². The number of hydrogen-bond donors (Lipinski definition) is 1. The van der Waals surface area contributed by atoms with Crippen LogP contribution in [0.3, 0.4) is 0 Å². The first-order valence-corrected chi connectivity index (χ1v) is 6.08. The minimum atomic E-state index is 0.696. The zero-order chi connectivity index (χ0) is 13.0. The molecule has 1 heterocycles. The van der Waals surface area contributed by atoms with E-state index in [9.17, 15) is 0 Å². The van der Waals surface area contributed by atoms with Crippen molar-refractivity contribution in [2.75, 3.05) is 19.5 Å². The van der Waals surface area contributed by atoms with E-state index in [1.807, 2.05) is 7.05 Å². The van der Waals surface area contributed by atoms with E-state index >= 15 is 0 Å². The van der Waals surface area contributed by atoms with E-state index in [0.717, 1.165) is 30.6 Å². The van der Waals surface area contributed by atoms with Crippen LogP contribution in [0.1, 0.15) is 12.0 Å². The highest BCUT2D eigenvalue weighted by atomic mass is 16.5. The number of nitrogen functional groups attached to an aromatic ring is 1. The molecule has 0 spiro atoms. The molecule has 96 valence electrons. The summed E-state index contributed by atoms with van der Waals surface area (Å²) in [5.41, 5.74) is 9.37. The number of methoxy groups -OCH3 is 1. The van der Waals surface area contributed by atoms with E-state index in [0.29, 0.717) is 5.82 Å². The van der Waals surface area contributed by atoms with Crippen LogP contribution in [-0.4, -0.2) is 23.5 Å². The molecule has 0 aliphatic rings. The first-order valence-electron chi connectivity index (χ1n) is 6.08. The van der Waals surface area contributed by atoms with Crippen molar-refractivity contribution in [2.24, 2.45) is 7.05 Å². The van der Waals surface area contributed by atoms with E-state index in [2.05, 4.69) is 29.4 Å². The number of hydrogen-bond acceptors (Lipinski definition) is 3. The van der Waals surface area contributed by atoms with Gasteiger partial charge >= 0.3 is 0 Å². The van der Waals surface area contributed by atoms with Crippen LogP contribution < -0.4 is 5.73 Å². The summed E-state index contributed by atoms with van der Waals surface area (Å²) in [6.45, 7) is 0.803. The van der Waals surface area contributed by atoms with Gasteiger partial charge < -0.3 is 10.5 Å². The third kappa shape index (κ3) is 2.71. The van der Waals surface area contributed by atoms with Crippen molar-refractivity contribution in [3.05, 3.63) is 36.0 Å². The van der Waals surface area contributed by atoms with Gasteiger partial charge in [-0.1, -0.05) is 24.3 Å². The molecule has 0 atom stereocenters. The van der Waals surface area contributed by atoms with Gasteiger partial charge in [-0.3, -0.25) is 4.68 Å². The quantitative estimate of drug-likeness (QED) is 0.822. The molecule has 0 radical (unpaired) electrons. The van der Waals surface area contributed by atoms with Crippen molar-refractivity contribution < 1.29 is 4.74 Å². The fourth-order valence-corrected chi connectivity index (χ4v) is 1.94. The summed E-state index contributed by atoms with van der Waals surface area (Å²) in [7, 11) is 3.58. The standard InChI is InChI=1S/C14H19N3O/c1-17-14(15)13(10-16-17)12-7-5-11(6-8-12)4-3-9-18-2/h5-8,10H,3-4,9,15H2,1-2H3. The fraction of sp³-hybridized carbons (Fsp3) is 0.357. The summed E-state index contributed by atoms with van der Waals surface area (Å²) in [5, 5.41) is 4.15. The summed E-state index contributed by atoms with van der Waals surface area (Å²) in [4.78, 5) is 0. The van der Waals surface area contributed by atoms with Gasteiger partial charge in [0.1, 0.15) is 5.82 Å². The van der Waals surface area contributed by atoms with Gasteiger partial charge in [-0.05, 0) is 24.0 Å². The van der Waals surface area contributed by atoms with Crippen molar-refractivity contribution in [3.8, 4) is 11.1 Å². The molecule has 18 heavy (non-hydrogen) atoms. The predicted octanol–water partition coefficient (Wildman–Crippen LogP) is 2.25. The Morgan fingerprint density at radius 1 is 1.28 bits per heavy atom. The summed E-state index contributed by atoms with van der Waals surface area (Å²) < 4.78 is 6.73. The van der Waals surface area contributed by atoms with Crippen molar-refractivity contribution in [3.63, 3.8) is 0 Å². The normalized spacial score (nSPS) is 10.8. The highest BCUT2D eigenvalue weighted by molar-refractivity contribution is 5.73. The minimum absolute atomic E-state index is 0.696. The Balaban J connectivity index is 2.10. The third-order valence-corrected chi connectivity index (χ3v) is 3.06. The van der Waals surface area contributed by atoms with E-state index < -0.39 is 0 Å². The topological polar surface area (TPSA) is 53.1 Å². The van der Waals surface area contributed by atoms with Gasteiger partial charge in [-0.25, -0.2) is 0 Å². The first kappa shape index (κ1) is 12.6. The molecule has 0 unspecified atom stereocenters. The van der Waals surface area contributed by atoms with E-state index in [1.165, 1.54) is 5.56 Å².